The van der Waals surface area contributed by atoms with Crippen LogP contribution in [0.2, 0.25) is 0 Å². The topological polar surface area (TPSA) is 50.4 Å². The molecule has 1 unspecified atom stereocenters. The Balaban J connectivity index is 2.20. The summed E-state index contributed by atoms with van der Waals surface area (Å²) in [5.74, 6) is -0.635. The Kier molecular flexibility index (Phi) is 6.88. The molecule has 0 spiro atoms. The van der Waals surface area contributed by atoms with Crippen LogP contribution in [-0.2, 0) is 12.4 Å². The zero-order valence-electron chi connectivity index (χ0n) is 14.7. The monoisotopic (exact) mass is 480 g/mol. The second kappa shape index (κ2) is 8.73. The van der Waals surface area contributed by atoms with Crippen LogP contribution in [-0.4, -0.2) is 17.8 Å². The van der Waals surface area contributed by atoms with Crippen LogP contribution < -0.4 is 15.4 Å². The first-order chi connectivity index (χ1) is 14.1. The van der Waals surface area contributed by atoms with Gasteiger partial charge in [-0.3, -0.25) is 0 Å². The average molecular weight is 481 g/mol. The standard InChI is InChI=1S/C17H10ClF9N2O2/c18-13(19)17(26,27)31-12-3-1-2-10(7-12)28-14(30)29-11-5-8(15(20,21)22)4-9(6-11)16(23,24)25/h1-7,13H,(H2,28,29,30). The van der Waals surface area contributed by atoms with Gasteiger partial charge in [-0.1, -0.05) is 17.7 Å². The van der Waals surface area contributed by atoms with Crippen molar-refractivity contribution in [3.05, 3.63) is 53.6 Å². The number of nitrogens with one attached hydrogen (secondary N) is 2. The first-order valence-corrected chi connectivity index (χ1v) is 8.34. The smallest absolute Gasteiger partial charge is 0.429 e. The van der Waals surface area contributed by atoms with E-state index in [1.807, 2.05) is 5.32 Å². The summed E-state index contributed by atoms with van der Waals surface area (Å²) in [5.41, 5.74) is -7.58. The molecule has 1 atom stereocenters. The molecular formula is C17H10ClF9N2O2. The maximum Gasteiger partial charge on any atom is 0.444 e. The molecule has 2 rings (SSSR count). The molecule has 2 aromatic carbocycles. The largest absolute Gasteiger partial charge is 0.444 e. The molecule has 0 heterocycles. The number of urea groups is 1. The first kappa shape index (κ1) is 24.4. The summed E-state index contributed by atoms with van der Waals surface area (Å²) in [6.45, 7) is 0. The van der Waals surface area contributed by atoms with Crippen molar-refractivity contribution in [3.63, 3.8) is 0 Å². The lowest BCUT2D eigenvalue weighted by molar-refractivity contribution is -0.199. The Morgan fingerprint density at radius 1 is 0.839 bits per heavy atom. The minimum Gasteiger partial charge on any atom is -0.429 e. The molecule has 0 aromatic heterocycles. The summed E-state index contributed by atoms with van der Waals surface area (Å²) in [6, 6.07) is 3.10. The number of anilines is 2. The summed E-state index contributed by atoms with van der Waals surface area (Å²) in [5, 5.41) is 3.78. The number of carbonyl (C=O) groups excluding carboxylic acids is 1. The Bertz CT molecular complexity index is 914. The quantitative estimate of drug-likeness (QED) is 0.362. The molecule has 0 aliphatic carbocycles. The molecule has 2 amide bonds. The summed E-state index contributed by atoms with van der Waals surface area (Å²) in [6.07, 6.45) is -14.7. The summed E-state index contributed by atoms with van der Waals surface area (Å²) < 4.78 is 120. The van der Waals surface area contributed by atoms with Crippen molar-refractivity contribution in [1.29, 1.82) is 0 Å². The second-order valence-electron chi connectivity index (χ2n) is 5.87. The lowest BCUT2D eigenvalue weighted by atomic mass is 10.1. The predicted octanol–water partition coefficient (Wildman–Crippen LogP) is 6.87. The Morgan fingerprint density at radius 2 is 1.35 bits per heavy atom. The fraction of sp³-hybridized carbons (Fsp3) is 0.235. The van der Waals surface area contributed by atoms with Crippen molar-refractivity contribution in [2.75, 3.05) is 10.6 Å². The van der Waals surface area contributed by atoms with Crippen LogP contribution in [0.5, 0.6) is 5.75 Å². The van der Waals surface area contributed by atoms with Crippen LogP contribution in [0.3, 0.4) is 0 Å². The summed E-state index contributed by atoms with van der Waals surface area (Å²) >= 11 is 4.64. The molecule has 2 aromatic rings. The van der Waals surface area contributed by atoms with Gasteiger partial charge in [0.1, 0.15) is 5.75 Å². The highest BCUT2D eigenvalue weighted by molar-refractivity contribution is 6.20. The van der Waals surface area contributed by atoms with Gasteiger partial charge in [-0.15, -0.1) is 0 Å². The van der Waals surface area contributed by atoms with Gasteiger partial charge in [-0.05, 0) is 30.3 Å². The van der Waals surface area contributed by atoms with E-state index >= 15 is 0 Å². The van der Waals surface area contributed by atoms with Crippen LogP contribution in [0.1, 0.15) is 11.1 Å². The Morgan fingerprint density at radius 3 is 1.84 bits per heavy atom. The molecule has 0 aliphatic rings. The number of carbonyl (C=O) groups is 1. The lowest BCUT2D eigenvalue weighted by Crippen LogP contribution is -2.32. The van der Waals surface area contributed by atoms with Crippen molar-refractivity contribution >= 4 is 29.0 Å². The molecule has 0 radical (unpaired) electrons. The molecule has 14 heteroatoms. The van der Waals surface area contributed by atoms with Crippen LogP contribution in [0.25, 0.3) is 0 Å². The number of halogens is 10. The van der Waals surface area contributed by atoms with Gasteiger partial charge in [0, 0.05) is 17.4 Å². The second-order valence-corrected chi connectivity index (χ2v) is 6.25. The molecule has 0 saturated heterocycles. The van der Waals surface area contributed by atoms with Crippen molar-refractivity contribution in [3.8, 4) is 5.75 Å². The summed E-state index contributed by atoms with van der Waals surface area (Å²) in [4.78, 5) is 12.0. The van der Waals surface area contributed by atoms with E-state index in [0.29, 0.717) is 0 Å². The van der Waals surface area contributed by atoms with E-state index in [4.69, 9.17) is 0 Å². The van der Waals surface area contributed by atoms with Crippen LogP contribution in [0, 0.1) is 0 Å². The maximum atomic E-state index is 13.2. The molecule has 0 fully saturated rings. The van der Waals surface area contributed by atoms with E-state index in [2.05, 4.69) is 16.3 Å². The van der Waals surface area contributed by atoms with Crippen molar-refractivity contribution in [2.24, 2.45) is 0 Å². The lowest BCUT2D eigenvalue weighted by Gasteiger charge is -2.18. The number of alkyl halides is 10. The minimum atomic E-state index is -5.12. The van der Waals surface area contributed by atoms with Gasteiger partial charge >= 0.3 is 24.5 Å². The zero-order valence-corrected chi connectivity index (χ0v) is 15.5. The van der Waals surface area contributed by atoms with Gasteiger partial charge in [-0.25, -0.2) is 9.18 Å². The van der Waals surface area contributed by atoms with Crippen LogP contribution in [0.15, 0.2) is 42.5 Å². The van der Waals surface area contributed by atoms with E-state index < -0.39 is 52.7 Å². The van der Waals surface area contributed by atoms with E-state index in [-0.39, 0.29) is 23.9 Å². The third-order valence-corrected chi connectivity index (χ3v) is 3.70. The van der Waals surface area contributed by atoms with E-state index in [9.17, 15) is 44.3 Å². The van der Waals surface area contributed by atoms with Gasteiger partial charge in [0.25, 0.3) is 5.63 Å². The van der Waals surface area contributed by atoms with Crippen molar-refractivity contribution in [1.82, 2.24) is 0 Å². The van der Waals surface area contributed by atoms with Gasteiger partial charge in [0.2, 0.25) is 0 Å². The third-order valence-electron chi connectivity index (χ3n) is 3.45. The molecule has 0 bridgehead atoms. The molecule has 0 aliphatic heterocycles. The molecule has 2 N–H and O–H groups in total. The molecule has 31 heavy (non-hydrogen) atoms. The third kappa shape index (κ3) is 6.84. The van der Waals surface area contributed by atoms with Crippen LogP contribution >= 0.6 is 11.6 Å². The predicted molar refractivity (Wildman–Crippen MR) is 91.9 cm³/mol. The fourth-order valence-electron chi connectivity index (χ4n) is 2.16. The average Bonchev–Trinajstić information content (AvgIpc) is 2.59. The minimum absolute atomic E-state index is 0.126. The Hall–Kier alpha value is -2.83. The van der Waals surface area contributed by atoms with Crippen molar-refractivity contribution < 1.29 is 49.0 Å². The number of hydrogen-bond acceptors (Lipinski definition) is 2. The fourth-order valence-corrected chi connectivity index (χ4v) is 2.20. The molecule has 0 saturated carbocycles. The number of ether oxygens (including phenoxy) is 1. The van der Waals surface area contributed by atoms with Gasteiger partial charge in [0.05, 0.1) is 11.1 Å². The molecule has 4 nitrogen and oxygen atoms in total. The van der Waals surface area contributed by atoms with E-state index in [1.54, 1.807) is 5.32 Å². The highest BCUT2D eigenvalue weighted by Crippen LogP contribution is 2.37. The summed E-state index contributed by atoms with van der Waals surface area (Å²) in [7, 11) is 0. The highest BCUT2D eigenvalue weighted by Gasteiger charge is 2.42. The number of rotatable bonds is 5. The number of amides is 2. The normalized spacial score (nSPS) is 13.5. The number of benzene rings is 2. The van der Waals surface area contributed by atoms with Crippen LogP contribution in [0.4, 0.5) is 55.7 Å². The van der Waals surface area contributed by atoms with Gasteiger partial charge in [0.15, 0.2) is 0 Å². The van der Waals surface area contributed by atoms with Gasteiger partial charge < -0.3 is 15.4 Å². The molecule has 170 valence electrons. The van der Waals surface area contributed by atoms with E-state index in [1.165, 1.54) is 0 Å². The zero-order chi connectivity index (χ0) is 23.6. The SMILES string of the molecule is O=C(Nc1cccc(OC(F)(F)C(F)Cl)c1)Nc1cc(C(F)(F)F)cc(C(F)(F)F)c1. The van der Waals surface area contributed by atoms with E-state index in [0.717, 1.165) is 24.3 Å². The molecular weight excluding hydrogens is 471 g/mol. The Labute approximate surface area is 172 Å². The van der Waals surface area contributed by atoms with Crippen molar-refractivity contribution in [2.45, 2.75) is 24.1 Å². The highest BCUT2D eigenvalue weighted by atomic mass is 35.5. The first-order valence-electron chi connectivity index (χ1n) is 7.90. The van der Waals surface area contributed by atoms with Gasteiger partial charge in [-0.2, -0.15) is 35.1 Å². The maximum absolute atomic E-state index is 13.2. The number of hydrogen-bond donors (Lipinski definition) is 2.